The quantitative estimate of drug-likeness (QED) is 0.872. The summed E-state index contributed by atoms with van der Waals surface area (Å²) >= 11 is 0. The molecule has 2 fully saturated rings. The van der Waals surface area contributed by atoms with Gasteiger partial charge in [0, 0.05) is 18.5 Å². The Kier molecular flexibility index (Phi) is 5.83. The number of hydrogen-bond acceptors (Lipinski definition) is 2. The summed E-state index contributed by atoms with van der Waals surface area (Å²) in [6.45, 7) is 1.73. The average molecular weight is 349 g/mol. The molecule has 0 bridgehead atoms. The van der Waals surface area contributed by atoms with Crippen molar-refractivity contribution in [2.75, 3.05) is 13.1 Å². The van der Waals surface area contributed by atoms with E-state index in [1.165, 1.54) is 43.2 Å². The second-order valence-electron chi connectivity index (χ2n) is 7.60. The first-order chi connectivity index (χ1) is 11.3. The van der Waals surface area contributed by atoms with E-state index in [4.69, 9.17) is 0 Å². The number of halogens is 1. The van der Waals surface area contributed by atoms with Gasteiger partial charge in [0.05, 0.1) is 0 Å². The molecule has 1 aromatic rings. The molecule has 4 heteroatoms. The molecule has 0 spiro atoms. The zero-order valence-corrected chi connectivity index (χ0v) is 15.1. The maximum absolute atomic E-state index is 12.5. The van der Waals surface area contributed by atoms with E-state index in [1.54, 1.807) is 0 Å². The SMILES string of the molecule is Cl.O=C(NCC1NCCc2ccccc21)C1CC1C1CCCCC1. The Balaban J connectivity index is 0.00000169. The van der Waals surface area contributed by atoms with Crippen molar-refractivity contribution >= 4 is 18.3 Å². The third-order valence-electron chi connectivity index (χ3n) is 6.13. The molecule has 3 nitrogen and oxygen atoms in total. The van der Waals surface area contributed by atoms with Gasteiger partial charge in [0.1, 0.15) is 0 Å². The van der Waals surface area contributed by atoms with Crippen molar-refractivity contribution in [1.29, 1.82) is 0 Å². The Hall–Kier alpha value is -1.06. The zero-order chi connectivity index (χ0) is 15.6. The van der Waals surface area contributed by atoms with Crippen LogP contribution < -0.4 is 10.6 Å². The van der Waals surface area contributed by atoms with E-state index < -0.39 is 0 Å². The summed E-state index contributed by atoms with van der Waals surface area (Å²) in [5, 5.41) is 6.77. The smallest absolute Gasteiger partial charge is 0.223 e. The molecule has 3 atom stereocenters. The number of carbonyl (C=O) groups excluding carboxylic acids is 1. The Morgan fingerprint density at radius 2 is 1.96 bits per heavy atom. The predicted molar refractivity (Wildman–Crippen MR) is 99.3 cm³/mol. The Bertz CT molecular complexity index is 571. The van der Waals surface area contributed by atoms with Crippen LogP contribution in [0.5, 0.6) is 0 Å². The molecular weight excluding hydrogens is 320 g/mol. The van der Waals surface area contributed by atoms with Crippen LogP contribution in [-0.2, 0) is 11.2 Å². The largest absolute Gasteiger partial charge is 0.354 e. The lowest BCUT2D eigenvalue weighted by Gasteiger charge is -2.27. The number of carbonyl (C=O) groups is 1. The Morgan fingerprint density at radius 3 is 2.79 bits per heavy atom. The van der Waals surface area contributed by atoms with Crippen molar-refractivity contribution in [1.82, 2.24) is 10.6 Å². The van der Waals surface area contributed by atoms with Gasteiger partial charge in [-0.2, -0.15) is 0 Å². The van der Waals surface area contributed by atoms with Crippen molar-refractivity contribution in [2.24, 2.45) is 17.8 Å². The Labute approximate surface area is 151 Å². The molecule has 2 saturated carbocycles. The van der Waals surface area contributed by atoms with Crippen LogP contribution in [0.25, 0.3) is 0 Å². The summed E-state index contributed by atoms with van der Waals surface area (Å²) in [6.07, 6.45) is 9.07. The second-order valence-corrected chi connectivity index (χ2v) is 7.60. The number of fused-ring (bicyclic) bond motifs is 1. The number of benzene rings is 1. The lowest BCUT2D eigenvalue weighted by Crippen LogP contribution is -2.39. The van der Waals surface area contributed by atoms with Crippen LogP contribution in [0.1, 0.15) is 55.7 Å². The normalized spacial score (nSPS) is 29.2. The predicted octanol–water partition coefficient (Wildman–Crippen LogP) is 3.63. The first-order valence-electron chi connectivity index (χ1n) is 9.42. The highest BCUT2D eigenvalue weighted by atomic mass is 35.5. The van der Waals surface area contributed by atoms with E-state index in [2.05, 4.69) is 34.9 Å². The van der Waals surface area contributed by atoms with Gasteiger partial charge in [-0.1, -0.05) is 56.4 Å². The van der Waals surface area contributed by atoms with Gasteiger partial charge in [-0.3, -0.25) is 4.79 Å². The molecule has 4 rings (SSSR count). The summed E-state index contributed by atoms with van der Waals surface area (Å²) < 4.78 is 0. The maximum atomic E-state index is 12.5. The van der Waals surface area contributed by atoms with Gasteiger partial charge >= 0.3 is 0 Å². The third-order valence-corrected chi connectivity index (χ3v) is 6.13. The fourth-order valence-corrected chi connectivity index (χ4v) is 4.71. The number of hydrogen-bond donors (Lipinski definition) is 2. The first-order valence-corrected chi connectivity index (χ1v) is 9.42. The molecule has 24 heavy (non-hydrogen) atoms. The number of rotatable bonds is 4. The highest BCUT2D eigenvalue weighted by Crippen LogP contribution is 2.49. The van der Waals surface area contributed by atoms with Crippen LogP contribution in [-0.4, -0.2) is 19.0 Å². The average Bonchev–Trinajstić information content (AvgIpc) is 3.41. The summed E-state index contributed by atoms with van der Waals surface area (Å²) in [6, 6.07) is 8.89. The number of amides is 1. The second kappa shape index (κ2) is 7.88. The van der Waals surface area contributed by atoms with Crippen molar-refractivity contribution in [3.63, 3.8) is 0 Å². The minimum absolute atomic E-state index is 0. The zero-order valence-electron chi connectivity index (χ0n) is 14.3. The van der Waals surface area contributed by atoms with Crippen LogP contribution in [0, 0.1) is 17.8 Å². The molecule has 0 radical (unpaired) electrons. The highest BCUT2D eigenvalue weighted by Gasteiger charge is 2.47. The fourth-order valence-electron chi connectivity index (χ4n) is 4.71. The summed E-state index contributed by atoms with van der Waals surface area (Å²) in [5.74, 6) is 2.11. The van der Waals surface area contributed by atoms with E-state index in [0.29, 0.717) is 17.7 Å². The van der Waals surface area contributed by atoms with Gasteiger partial charge in [0.25, 0.3) is 0 Å². The van der Waals surface area contributed by atoms with Crippen molar-refractivity contribution in [3.8, 4) is 0 Å². The van der Waals surface area contributed by atoms with Gasteiger partial charge < -0.3 is 10.6 Å². The molecule has 0 saturated heterocycles. The molecular formula is C20H29ClN2O. The lowest BCUT2D eigenvalue weighted by atomic mass is 9.85. The molecule has 1 aromatic carbocycles. The van der Waals surface area contributed by atoms with Crippen LogP contribution in [0.3, 0.4) is 0 Å². The molecule has 1 amide bonds. The monoisotopic (exact) mass is 348 g/mol. The lowest BCUT2D eigenvalue weighted by molar-refractivity contribution is -0.122. The molecule has 2 aliphatic carbocycles. The molecule has 3 unspecified atom stereocenters. The van der Waals surface area contributed by atoms with Crippen LogP contribution >= 0.6 is 12.4 Å². The first kappa shape index (κ1) is 17.8. The van der Waals surface area contributed by atoms with E-state index in [9.17, 15) is 4.79 Å². The van der Waals surface area contributed by atoms with Crippen molar-refractivity contribution in [2.45, 2.75) is 51.0 Å². The van der Waals surface area contributed by atoms with E-state index in [1.807, 2.05) is 0 Å². The minimum Gasteiger partial charge on any atom is -0.354 e. The van der Waals surface area contributed by atoms with Crippen molar-refractivity contribution < 1.29 is 4.79 Å². The molecule has 1 aliphatic heterocycles. The minimum atomic E-state index is 0. The molecule has 2 N–H and O–H groups in total. The van der Waals surface area contributed by atoms with Crippen LogP contribution in [0.15, 0.2) is 24.3 Å². The van der Waals surface area contributed by atoms with E-state index in [-0.39, 0.29) is 18.4 Å². The molecule has 132 valence electrons. The van der Waals surface area contributed by atoms with Crippen molar-refractivity contribution in [3.05, 3.63) is 35.4 Å². The fraction of sp³-hybridized carbons (Fsp3) is 0.650. The van der Waals surface area contributed by atoms with Gasteiger partial charge in [-0.15, -0.1) is 12.4 Å². The molecule has 1 heterocycles. The highest BCUT2D eigenvalue weighted by molar-refractivity contribution is 5.85. The molecule has 3 aliphatic rings. The van der Waals surface area contributed by atoms with Gasteiger partial charge in [0.15, 0.2) is 0 Å². The van der Waals surface area contributed by atoms with Crippen LogP contribution in [0.4, 0.5) is 0 Å². The van der Waals surface area contributed by atoms with Gasteiger partial charge in [-0.05, 0) is 42.3 Å². The van der Waals surface area contributed by atoms with Crippen LogP contribution in [0.2, 0.25) is 0 Å². The van der Waals surface area contributed by atoms with E-state index in [0.717, 1.165) is 31.8 Å². The topological polar surface area (TPSA) is 41.1 Å². The van der Waals surface area contributed by atoms with E-state index >= 15 is 0 Å². The summed E-state index contributed by atoms with van der Waals surface area (Å²) in [7, 11) is 0. The maximum Gasteiger partial charge on any atom is 0.223 e. The molecule has 0 aromatic heterocycles. The Morgan fingerprint density at radius 1 is 1.17 bits per heavy atom. The summed E-state index contributed by atoms with van der Waals surface area (Å²) in [4.78, 5) is 12.5. The summed E-state index contributed by atoms with van der Waals surface area (Å²) in [5.41, 5.74) is 2.79. The third kappa shape index (κ3) is 3.78. The number of nitrogens with one attached hydrogen (secondary N) is 2. The standard InChI is InChI=1S/C20H28N2O.ClH/c23-20(18-12-17(18)14-6-2-1-3-7-14)22-13-19-16-9-5-4-8-15(16)10-11-21-19;/h4-5,8-9,14,17-19,21H,1-3,6-7,10-13H2,(H,22,23);1H. The van der Waals surface area contributed by atoms with Gasteiger partial charge in [-0.25, -0.2) is 0 Å². The van der Waals surface area contributed by atoms with Gasteiger partial charge in [0.2, 0.25) is 5.91 Å².